The summed E-state index contributed by atoms with van der Waals surface area (Å²) in [7, 11) is 0. The second kappa shape index (κ2) is 5.54. The number of esters is 1. The number of hydrogen-bond donors (Lipinski definition) is 1. The smallest absolute Gasteiger partial charge is 0.328 e. The lowest BCUT2D eigenvalue weighted by Crippen LogP contribution is -2.33. The molecule has 0 radical (unpaired) electrons. The van der Waals surface area contributed by atoms with Crippen LogP contribution in [0.5, 0.6) is 0 Å². The third-order valence-electron chi connectivity index (χ3n) is 2.78. The molecular formula is C13H16BrNO2. The summed E-state index contributed by atoms with van der Waals surface area (Å²) in [5.74, 6) is 0.281. The molecule has 3 nitrogen and oxygen atoms in total. The number of carbonyl (C=O) groups excluding carboxylic acids is 1. The lowest BCUT2D eigenvalue weighted by atomic mass is 10.1. The quantitative estimate of drug-likeness (QED) is 0.848. The second-order valence-electron chi connectivity index (χ2n) is 4.22. The molecule has 0 aromatic heterocycles. The third kappa shape index (κ3) is 3.46. The summed E-state index contributed by atoms with van der Waals surface area (Å²) < 4.78 is 6.10. The molecule has 0 heterocycles. The first-order chi connectivity index (χ1) is 8.20. The molecule has 1 aromatic carbocycles. The van der Waals surface area contributed by atoms with E-state index in [1.807, 2.05) is 31.2 Å². The normalized spacial score (nSPS) is 16.4. The number of ether oxygens (including phenoxy) is 1. The van der Waals surface area contributed by atoms with Crippen molar-refractivity contribution < 1.29 is 9.53 Å². The van der Waals surface area contributed by atoms with Gasteiger partial charge in [-0.05, 0) is 43.9 Å². The molecule has 1 atom stereocenters. The van der Waals surface area contributed by atoms with Gasteiger partial charge in [-0.1, -0.05) is 22.0 Å². The third-order valence-corrected chi connectivity index (χ3v) is 3.27. The standard InChI is InChI=1S/C13H16BrNO2/c1-2-17-13(16)12(9-6-7-9)15-11-5-3-4-10(14)8-11/h3-5,8-9,12,15H,2,6-7H2,1H3. The van der Waals surface area contributed by atoms with E-state index in [1.165, 1.54) is 0 Å². The van der Waals surface area contributed by atoms with Crippen LogP contribution in [0.3, 0.4) is 0 Å². The van der Waals surface area contributed by atoms with Gasteiger partial charge in [-0.25, -0.2) is 4.79 Å². The second-order valence-corrected chi connectivity index (χ2v) is 5.14. The van der Waals surface area contributed by atoms with Crippen LogP contribution in [-0.4, -0.2) is 18.6 Å². The molecule has 1 fully saturated rings. The van der Waals surface area contributed by atoms with Gasteiger partial charge in [0.2, 0.25) is 0 Å². The van der Waals surface area contributed by atoms with Gasteiger partial charge in [-0.2, -0.15) is 0 Å². The van der Waals surface area contributed by atoms with Crippen molar-refractivity contribution >= 4 is 27.6 Å². The molecule has 1 saturated carbocycles. The van der Waals surface area contributed by atoms with Crippen LogP contribution in [-0.2, 0) is 9.53 Å². The van der Waals surface area contributed by atoms with Crippen LogP contribution in [0.4, 0.5) is 5.69 Å². The van der Waals surface area contributed by atoms with E-state index in [-0.39, 0.29) is 12.0 Å². The topological polar surface area (TPSA) is 38.3 Å². The number of benzene rings is 1. The molecule has 92 valence electrons. The molecule has 0 amide bonds. The van der Waals surface area contributed by atoms with Gasteiger partial charge in [-0.15, -0.1) is 0 Å². The van der Waals surface area contributed by atoms with Crippen molar-refractivity contribution in [1.29, 1.82) is 0 Å². The molecule has 1 aliphatic rings. The van der Waals surface area contributed by atoms with Gasteiger partial charge in [0.15, 0.2) is 0 Å². The largest absolute Gasteiger partial charge is 0.464 e. The Bertz CT molecular complexity index is 404. The fraction of sp³-hybridized carbons (Fsp3) is 0.462. The lowest BCUT2D eigenvalue weighted by Gasteiger charge is -2.17. The van der Waals surface area contributed by atoms with E-state index in [0.717, 1.165) is 23.0 Å². The predicted octanol–water partition coefficient (Wildman–Crippen LogP) is 3.20. The number of rotatable bonds is 5. The molecule has 0 saturated heterocycles. The van der Waals surface area contributed by atoms with E-state index in [1.54, 1.807) is 0 Å². The van der Waals surface area contributed by atoms with Gasteiger partial charge in [0, 0.05) is 10.2 Å². The van der Waals surface area contributed by atoms with E-state index in [9.17, 15) is 4.79 Å². The minimum absolute atomic E-state index is 0.144. The van der Waals surface area contributed by atoms with E-state index in [2.05, 4.69) is 21.2 Å². The zero-order chi connectivity index (χ0) is 12.3. The molecular weight excluding hydrogens is 282 g/mol. The summed E-state index contributed by atoms with van der Waals surface area (Å²) in [4.78, 5) is 11.8. The Kier molecular flexibility index (Phi) is 4.05. The fourth-order valence-electron chi connectivity index (χ4n) is 1.79. The molecule has 1 N–H and O–H groups in total. The number of nitrogens with one attached hydrogen (secondary N) is 1. The van der Waals surface area contributed by atoms with E-state index >= 15 is 0 Å². The maximum Gasteiger partial charge on any atom is 0.328 e. The first-order valence-corrected chi connectivity index (χ1v) is 6.68. The Morgan fingerprint density at radius 3 is 2.94 bits per heavy atom. The van der Waals surface area contributed by atoms with Crippen molar-refractivity contribution in [3.8, 4) is 0 Å². The van der Waals surface area contributed by atoms with Crippen LogP contribution >= 0.6 is 15.9 Å². The van der Waals surface area contributed by atoms with Crippen molar-refractivity contribution in [2.24, 2.45) is 5.92 Å². The van der Waals surface area contributed by atoms with Crippen LogP contribution in [0.2, 0.25) is 0 Å². The first kappa shape index (κ1) is 12.4. The van der Waals surface area contributed by atoms with Crippen LogP contribution in [0.25, 0.3) is 0 Å². The number of hydrogen-bond acceptors (Lipinski definition) is 3. The minimum atomic E-state index is -0.204. The predicted molar refractivity (Wildman–Crippen MR) is 70.9 cm³/mol. The number of carbonyl (C=O) groups is 1. The summed E-state index contributed by atoms with van der Waals surface area (Å²) in [6, 6.07) is 7.63. The highest BCUT2D eigenvalue weighted by Gasteiger charge is 2.37. The zero-order valence-electron chi connectivity index (χ0n) is 9.78. The Morgan fingerprint density at radius 2 is 2.35 bits per heavy atom. The Labute approximate surface area is 110 Å². The molecule has 0 spiro atoms. The first-order valence-electron chi connectivity index (χ1n) is 5.89. The number of halogens is 1. The maximum atomic E-state index is 11.8. The monoisotopic (exact) mass is 297 g/mol. The molecule has 0 bridgehead atoms. The maximum absolute atomic E-state index is 11.8. The van der Waals surface area contributed by atoms with Crippen molar-refractivity contribution in [3.05, 3.63) is 28.7 Å². The van der Waals surface area contributed by atoms with E-state index < -0.39 is 0 Å². The van der Waals surface area contributed by atoms with Crippen molar-refractivity contribution in [2.45, 2.75) is 25.8 Å². The molecule has 1 unspecified atom stereocenters. The van der Waals surface area contributed by atoms with Crippen LogP contribution in [0.15, 0.2) is 28.7 Å². The van der Waals surface area contributed by atoms with Gasteiger partial charge in [-0.3, -0.25) is 0 Å². The Hall–Kier alpha value is -1.03. The van der Waals surface area contributed by atoms with Gasteiger partial charge >= 0.3 is 5.97 Å². The van der Waals surface area contributed by atoms with Gasteiger partial charge in [0.1, 0.15) is 6.04 Å². The van der Waals surface area contributed by atoms with Crippen molar-refractivity contribution in [2.75, 3.05) is 11.9 Å². The summed E-state index contributed by atoms with van der Waals surface area (Å²) in [6.07, 6.45) is 2.20. The minimum Gasteiger partial charge on any atom is -0.464 e. The highest BCUT2D eigenvalue weighted by Crippen LogP contribution is 2.35. The zero-order valence-corrected chi connectivity index (χ0v) is 11.4. The molecule has 17 heavy (non-hydrogen) atoms. The highest BCUT2D eigenvalue weighted by molar-refractivity contribution is 9.10. The van der Waals surface area contributed by atoms with Gasteiger partial charge in [0.25, 0.3) is 0 Å². The summed E-state index contributed by atoms with van der Waals surface area (Å²) >= 11 is 3.42. The lowest BCUT2D eigenvalue weighted by molar-refractivity contribution is -0.144. The van der Waals surface area contributed by atoms with Gasteiger partial charge in [0.05, 0.1) is 6.61 Å². The molecule has 2 rings (SSSR count). The van der Waals surface area contributed by atoms with Crippen LogP contribution < -0.4 is 5.32 Å². The highest BCUT2D eigenvalue weighted by atomic mass is 79.9. The fourth-order valence-corrected chi connectivity index (χ4v) is 2.19. The average molecular weight is 298 g/mol. The number of anilines is 1. The van der Waals surface area contributed by atoms with Crippen LogP contribution in [0.1, 0.15) is 19.8 Å². The van der Waals surface area contributed by atoms with Gasteiger partial charge < -0.3 is 10.1 Å². The van der Waals surface area contributed by atoms with Crippen LogP contribution in [0, 0.1) is 5.92 Å². The molecule has 4 heteroatoms. The van der Waals surface area contributed by atoms with Crippen molar-refractivity contribution in [1.82, 2.24) is 0 Å². The molecule has 1 aliphatic carbocycles. The Balaban J connectivity index is 2.05. The average Bonchev–Trinajstić information content (AvgIpc) is 3.10. The summed E-state index contributed by atoms with van der Waals surface area (Å²) in [5.41, 5.74) is 0.948. The van der Waals surface area contributed by atoms with E-state index in [4.69, 9.17) is 4.74 Å². The molecule has 0 aliphatic heterocycles. The van der Waals surface area contributed by atoms with E-state index in [0.29, 0.717) is 12.5 Å². The SMILES string of the molecule is CCOC(=O)C(Nc1cccc(Br)c1)C1CC1. The Morgan fingerprint density at radius 1 is 1.59 bits per heavy atom. The molecule has 1 aromatic rings. The van der Waals surface area contributed by atoms with Crippen molar-refractivity contribution in [3.63, 3.8) is 0 Å². The summed E-state index contributed by atoms with van der Waals surface area (Å²) in [6.45, 7) is 2.27. The summed E-state index contributed by atoms with van der Waals surface area (Å²) in [5, 5.41) is 3.26.